The molecule has 1 aliphatic heterocycles. The Morgan fingerprint density at radius 3 is 2.91 bits per heavy atom. The number of carboxylic acids is 1. The van der Waals surface area contributed by atoms with E-state index >= 15 is 0 Å². The molecular formula is C17H16N2O3. The van der Waals surface area contributed by atoms with Gasteiger partial charge in [-0.3, -0.25) is 9.78 Å². The molecule has 2 heterocycles. The zero-order valence-electron chi connectivity index (χ0n) is 12.0. The van der Waals surface area contributed by atoms with Gasteiger partial charge >= 0.3 is 5.97 Å². The van der Waals surface area contributed by atoms with Gasteiger partial charge in [0.05, 0.1) is 5.52 Å². The number of hydrogen-bond acceptors (Lipinski definition) is 3. The van der Waals surface area contributed by atoms with Crippen LogP contribution in [0.3, 0.4) is 0 Å². The molecule has 0 unspecified atom stereocenters. The van der Waals surface area contributed by atoms with E-state index in [1.54, 1.807) is 12.3 Å². The van der Waals surface area contributed by atoms with Crippen LogP contribution >= 0.6 is 0 Å². The molecule has 3 rings (SSSR count). The quantitative estimate of drug-likeness (QED) is 0.882. The normalized spacial score (nSPS) is 18.2. The molecule has 2 aromatic rings. The molecule has 0 radical (unpaired) electrons. The molecule has 0 spiro atoms. The third kappa shape index (κ3) is 2.70. The zero-order chi connectivity index (χ0) is 15.5. The van der Waals surface area contributed by atoms with Gasteiger partial charge in [-0.15, -0.1) is 0 Å². The Bertz CT molecular complexity index is 749. The van der Waals surface area contributed by atoms with Crippen molar-refractivity contribution in [2.75, 3.05) is 6.54 Å². The molecule has 0 aliphatic carbocycles. The van der Waals surface area contributed by atoms with Gasteiger partial charge in [-0.2, -0.15) is 0 Å². The van der Waals surface area contributed by atoms with Gasteiger partial charge in [0.15, 0.2) is 0 Å². The fourth-order valence-electron chi connectivity index (χ4n) is 2.81. The molecule has 1 atom stereocenters. The number of benzene rings is 1. The second-order valence-corrected chi connectivity index (χ2v) is 5.28. The lowest BCUT2D eigenvalue weighted by molar-refractivity contribution is -0.146. The first-order valence-electron chi connectivity index (χ1n) is 7.22. The summed E-state index contributed by atoms with van der Waals surface area (Å²) in [5.74, 6) is -1.20. The summed E-state index contributed by atoms with van der Waals surface area (Å²) in [4.78, 5) is 29.1. The van der Waals surface area contributed by atoms with Gasteiger partial charge in [-0.1, -0.05) is 24.3 Å². The summed E-state index contributed by atoms with van der Waals surface area (Å²) in [6.45, 7) is 0.494. The summed E-state index contributed by atoms with van der Waals surface area (Å²) in [5.41, 5.74) is 1.67. The zero-order valence-corrected chi connectivity index (χ0v) is 12.0. The molecule has 1 aliphatic rings. The maximum Gasteiger partial charge on any atom is 0.326 e. The number of rotatable bonds is 3. The van der Waals surface area contributed by atoms with Crippen LogP contribution in [-0.2, 0) is 9.59 Å². The third-order valence-corrected chi connectivity index (χ3v) is 3.89. The van der Waals surface area contributed by atoms with E-state index in [4.69, 9.17) is 5.11 Å². The van der Waals surface area contributed by atoms with Crippen molar-refractivity contribution in [3.8, 4) is 0 Å². The van der Waals surface area contributed by atoms with Crippen molar-refractivity contribution in [3.05, 3.63) is 48.2 Å². The summed E-state index contributed by atoms with van der Waals surface area (Å²) in [5, 5.41) is 10.1. The van der Waals surface area contributed by atoms with Crippen molar-refractivity contribution < 1.29 is 14.7 Å². The number of fused-ring (bicyclic) bond motifs is 1. The Balaban J connectivity index is 1.84. The highest BCUT2D eigenvalue weighted by Gasteiger charge is 2.32. The van der Waals surface area contributed by atoms with Crippen LogP contribution in [-0.4, -0.2) is 39.5 Å². The minimum Gasteiger partial charge on any atom is -0.480 e. The molecule has 1 amide bonds. The van der Waals surface area contributed by atoms with E-state index in [-0.39, 0.29) is 5.91 Å². The molecule has 1 saturated heterocycles. The van der Waals surface area contributed by atoms with Crippen LogP contribution in [0.1, 0.15) is 18.4 Å². The molecule has 22 heavy (non-hydrogen) atoms. The van der Waals surface area contributed by atoms with Gasteiger partial charge in [0.25, 0.3) is 0 Å². The largest absolute Gasteiger partial charge is 0.480 e. The van der Waals surface area contributed by atoms with Gasteiger partial charge in [0.2, 0.25) is 5.91 Å². The number of para-hydroxylation sites is 1. The Labute approximate surface area is 127 Å². The Hall–Kier alpha value is -2.69. The Morgan fingerprint density at radius 2 is 2.09 bits per heavy atom. The molecule has 1 aromatic heterocycles. The first-order chi connectivity index (χ1) is 10.7. The van der Waals surface area contributed by atoms with E-state index in [2.05, 4.69) is 4.98 Å². The summed E-state index contributed by atoms with van der Waals surface area (Å²) in [6, 6.07) is 8.87. The number of amides is 1. The highest BCUT2D eigenvalue weighted by Crippen LogP contribution is 2.20. The highest BCUT2D eigenvalue weighted by molar-refractivity contribution is 5.97. The van der Waals surface area contributed by atoms with E-state index < -0.39 is 12.0 Å². The topological polar surface area (TPSA) is 70.5 Å². The van der Waals surface area contributed by atoms with Crippen molar-refractivity contribution in [2.24, 2.45) is 0 Å². The molecule has 0 bridgehead atoms. The fourth-order valence-corrected chi connectivity index (χ4v) is 2.81. The van der Waals surface area contributed by atoms with Crippen LogP contribution < -0.4 is 0 Å². The SMILES string of the molecule is O=C(O)[C@H]1CCCN1C(=O)/C=C/c1cccc2cccnc12. The maximum atomic E-state index is 12.2. The molecule has 1 N–H and O–H groups in total. The minimum absolute atomic E-state index is 0.266. The number of hydrogen-bond donors (Lipinski definition) is 1. The van der Waals surface area contributed by atoms with Crippen molar-refractivity contribution >= 4 is 28.9 Å². The van der Waals surface area contributed by atoms with E-state index in [1.807, 2.05) is 30.3 Å². The Kier molecular flexibility index (Phi) is 3.87. The number of carbonyl (C=O) groups is 2. The van der Waals surface area contributed by atoms with Crippen LogP contribution in [0.5, 0.6) is 0 Å². The first kappa shape index (κ1) is 14.3. The molecule has 0 saturated carbocycles. The van der Waals surface area contributed by atoms with Crippen molar-refractivity contribution in [2.45, 2.75) is 18.9 Å². The average molecular weight is 296 g/mol. The van der Waals surface area contributed by atoms with Crippen LogP contribution in [0.25, 0.3) is 17.0 Å². The molecule has 5 heteroatoms. The fraction of sp³-hybridized carbons (Fsp3) is 0.235. The van der Waals surface area contributed by atoms with E-state index in [9.17, 15) is 9.59 Å². The van der Waals surface area contributed by atoms with Crippen molar-refractivity contribution in [1.29, 1.82) is 0 Å². The first-order valence-corrected chi connectivity index (χ1v) is 7.22. The third-order valence-electron chi connectivity index (χ3n) is 3.89. The second-order valence-electron chi connectivity index (χ2n) is 5.28. The summed E-state index contributed by atoms with van der Waals surface area (Å²) in [6.07, 6.45) is 6.10. The Morgan fingerprint density at radius 1 is 1.27 bits per heavy atom. The minimum atomic E-state index is -0.939. The number of pyridine rings is 1. The molecule has 112 valence electrons. The van der Waals surface area contributed by atoms with Crippen LogP contribution in [0.4, 0.5) is 0 Å². The lowest BCUT2D eigenvalue weighted by Crippen LogP contribution is -2.39. The summed E-state index contributed by atoms with van der Waals surface area (Å²) in [7, 11) is 0. The molecule has 1 fully saturated rings. The predicted molar refractivity (Wildman–Crippen MR) is 83.1 cm³/mol. The average Bonchev–Trinajstić information content (AvgIpc) is 3.02. The maximum absolute atomic E-state index is 12.2. The lowest BCUT2D eigenvalue weighted by atomic mass is 10.1. The van der Waals surface area contributed by atoms with Crippen LogP contribution in [0.15, 0.2) is 42.6 Å². The van der Waals surface area contributed by atoms with Crippen LogP contribution in [0.2, 0.25) is 0 Å². The van der Waals surface area contributed by atoms with E-state index in [0.717, 1.165) is 22.9 Å². The van der Waals surface area contributed by atoms with Crippen molar-refractivity contribution in [1.82, 2.24) is 9.88 Å². The number of aromatic nitrogens is 1. The summed E-state index contributed by atoms with van der Waals surface area (Å²) < 4.78 is 0. The second kappa shape index (κ2) is 5.97. The van der Waals surface area contributed by atoms with Gasteiger partial charge in [0.1, 0.15) is 6.04 Å². The van der Waals surface area contributed by atoms with Gasteiger partial charge in [-0.25, -0.2) is 4.79 Å². The number of carbonyl (C=O) groups excluding carboxylic acids is 1. The van der Waals surface area contributed by atoms with Gasteiger partial charge < -0.3 is 10.0 Å². The number of likely N-dealkylation sites (tertiary alicyclic amines) is 1. The highest BCUT2D eigenvalue weighted by atomic mass is 16.4. The molecular weight excluding hydrogens is 280 g/mol. The molecule has 5 nitrogen and oxygen atoms in total. The van der Waals surface area contributed by atoms with Gasteiger partial charge in [0, 0.05) is 29.8 Å². The van der Waals surface area contributed by atoms with Crippen LogP contribution in [0, 0.1) is 0 Å². The van der Waals surface area contributed by atoms with Crippen molar-refractivity contribution in [3.63, 3.8) is 0 Å². The monoisotopic (exact) mass is 296 g/mol. The lowest BCUT2D eigenvalue weighted by Gasteiger charge is -2.19. The number of aliphatic carboxylic acids is 1. The standard InChI is InChI=1S/C17H16N2O3/c20-15(19-11-3-7-14(19)17(21)22)9-8-13-5-1-4-12-6-2-10-18-16(12)13/h1-2,4-6,8-10,14H,3,7,11H2,(H,21,22)/b9-8+/t14-/m1/s1. The van der Waals surface area contributed by atoms with E-state index in [1.165, 1.54) is 11.0 Å². The molecule has 1 aromatic carbocycles. The number of carboxylic acid groups (broad SMARTS) is 1. The number of nitrogens with zero attached hydrogens (tertiary/aromatic N) is 2. The predicted octanol–water partition coefficient (Wildman–Crippen LogP) is 2.32. The van der Waals surface area contributed by atoms with E-state index in [0.29, 0.717) is 13.0 Å². The smallest absolute Gasteiger partial charge is 0.326 e. The summed E-state index contributed by atoms with van der Waals surface area (Å²) >= 11 is 0. The van der Waals surface area contributed by atoms with Gasteiger partial charge in [-0.05, 0) is 25.0 Å².